The van der Waals surface area contributed by atoms with Crippen molar-refractivity contribution < 1.29 is 14.3 Å². The average molecular weight is 346 g/mol. The lowest BCUT2D eigenvalue weighted by Gasteiger charge is -2.22. The molecule has 1 amide bonds. The molecule has 1 aliphatic rings. The Labute approximate surface area is 146 Å². The van der Waals surface area contributed by atoms with E-state index in [1.165, 1.54) is 22.9 Å². The molecule has 6 heteroatoms. The minimum Gasteiger partial charge on any atom is -0.455 e. The van der Waals surface area contributed by atoms with Gasteiger partial charge in [0.1, 0.15) is 5.54 Å². The van der Waals surface area contributed by atoms with Crippen molar-refractivity contribution in [3.8, 4) is 6.07 Å². The Morgan fingerprint density at radius 2 is 2.08 bits per heavy atom. The molecule has 1 aromatic rings. The quantitative estimate of drug-likeness (QED) is 0.607. The van der Waals surface area contributed by atoms with Crippen LogP contribution in [0.2, 0.25) is 0 Å². The molecule has 0 radical (unpaired) electrons. The van der Waals surface area contributed by atoms with Crippen LogP contribution >= 0.6 is 11.8 Å². The van der Waals surface area contributed by atoms with Crippen LogP contribution in [0.25, 0.3) is 0 Å². The van der Waals surface area contributed by atoms with Gasteiger partial charge < -0.3 is 10.1 Å². The molecular weight excluding hydrogens is 324 g/mol. The van der Waals surface area contributed by atoms with Crippen LogP contribution in [0.3, 0.4) is 0 Å². The first kappa shape index (κ1) is 18.3. The first-order valence-electron chi connectivity index (χ1n) is 7.92. The second kappa shape index (κ2) is 7.71. The fourth-order valence-electron chi connectivity index (χ4n) is 2.34. The Morgan fingerprint density at radius 3 is 2.67 bits per heavy atom. The molecule has 1 aromatic carbocycles. The number of esters is 1. The number of benzene rings is 1. The van der Waals surface area contributed by atoms with Crippen molar-refractivity contribution in [1.82, 2.24) is 5.32 Å². The predicted molar refractivity (Wildman–Crippen MR) is 92.5 cm³/mol. The summed E-state index contributed by atoms with van der Waals surface area (Å²) in [5.74, 6) is -0.537. The molecule has 1 atom stereocenters. The zero-order chi connectivity index (χ0) is 17.7. The molecule has 1 fully saturated rings. The topological polar surface area (TPSA) is 79.2 Å². The van der Waals surface area contributed by atoms with E-state index in [-0.39, 0.29) is 18.3 Å². The SMILES string of the molecule is Cc1ccc(SCC(=O)OCC(=O)N[C@](C)(C#N)C2CC2)cc1C. The van der Waals surface area contributed by atoms with Crippen molar-refractivity contribution in [2.45, 2.75) is 44.0 Å². The third kappa shape index (κ3) is 5.00. The van der Waals surface area contributed by atoms with Gasteiger partial charge in [-0.3, -0.25) is 9.59 Å². The molecule has 0 saturated heterocycles. The average Bonchev–Trinajstić information content (AvgIpc) is 3.39. The van der Waals surface area contributed by atoms with Crippen molar-refractivity contribution in [3.05, 3.63) is 29.3 Å². The minimum atomic E-state index is -0.863. The van der Waals surface area contributed by atoms with Crippen LogP contribution < -0.4 is 5.32 Å². The van der Waals surface area contributed by atoms with Crippen molar-refractivity contribution in [2.24, 2.45) is 5.92 Å². The van der Waals surface area contributed by atoms with E-state index in [0.717, 1.165) is 17.7 Å². The lowest BCUT2D eigenvalue weighted by Crippen LogP contribution is -2.48. The number of ether oxygens (including phenoxy) is 1. The number of carbonyl (C=O) groups excluding carboxylic acids is 2. The lowest BCUT2D eigenvalue weighted by molar-refractivity contribution is -0.146. The van der Waals surface area contributed by atoms with E-state index in [1.54, 1.807) is 6.92 Å². The molecule has 0 unspecified atom stereocenters. The highest BCUT2D eigenvalue weighted by Crippen LogP contribution is 2.39. The molecule has 0 aliphatic heterocycles. The fourth-order valence-corrected chi connectivity index (χ4v) is 3.13. The Bertz CT molecular complexity index is 679. The number of carbonyl (C=O) groups is 2. The molecule has 5 nitrogen and oxygen atoms in total. The Kier molecular flexibility index (Phi) is 5.89. The fraction of sp³-hybridized carbons (Fsp3) is 0.500. The molecule has 1 aliphatic carbocycles. The van der Waals surface area contributed by atoms with Crippen LogP contribution in [0.4, 0.5) is 0 Å². The van der Waals surface area contributed by atoms with Gasteiger partial charge in [-0.2, -0.15) is 5.26 Å². The normalized spacial score (nSPS) is 15.9. The summed E-state index contributed by atoms with van der Waals surface area (Å²) in [6.07, 6.45) is 1.88. The lowest BCUT2D eigenvalue weighted by atomic mass is 9.98. The number of aryl methyl sites for hydroxylation is 2. The van der Waals surface area contributed by atoms with E-state index < -0.39 is 17.4 Å². The van der Waals surface area contributed by atoms with E-state index in [2.05, 4.69) is 11.4 Å². The van der Waals surface area contributed by atoms with Crippen molar-refractivity contribution in [3.63, 3.8) is 0 Å². The summed E-state index contributed by atoms with van der Waals surface area (Å²) in [7, 11) is 0. The van der Waals surface area contributed by atoms with Crippen LogP contribution in [0.5, 0.6) is 0 Å². The van der Waals surface area contributed by atoms with E-state index in [1.807, 2.05) is 32.0 Å². The number of hydrogen-bond donors (Lipinski definition) is 1. The summed E-state index contributed by atoms with van der Waals surface area (Å²) in [6.45, 7) is 5.41. The van der Waals surface area contributed by atoms with Crippen molar-refractivity contribution >= 4 is 23.6 Å². The van der Waals surface area contributed by atoms with Crippen LogP contribution in [0.15, 0.2) is 23.1 Å². The molecule has 2 rings (SSSR count). The third-order valence-electron chi connectivity index (χ3n) is 4.22. The van der Waals surface area contributed by atoms with Crippen molar-refractivity contribution in [1.29, 1.82) is 5.26 Å². The number of nitrogens with zero attached hydrogens (tertiary/aromatic N) is 1. The number of amides is 1. The summed E-state index contributed by atoms with van der Waals surface area (Å²) < 4.78 is 4.99. The first-order valence-corrected chi connectivity index (χ1v) is 8.90. The Hall–Kier alpha value is -2.00. The van der Waals surface area contributed by atoms with Gasteiger partial charge in [-0.15, -0.1) is 11.8 Å². The van der Waals surface area contributed by atoms with Crippen LogP contribution in [-0.2, 0) is 14.3 Å². The first-order chi connectivity index (χ1) is 11.3. The zero-order valence-electron chi connectivity index (χ0n) is 14.2. The summed E-state index contributed by atoms with van der Waals surface area (Å²) in [6, 6.07) is 8.13. The smallest absolute Gasteiger partial charge is 0.316 e. The molecular formula is C18H22N2O3S. The summed E-state index contributed by atoms with van der Waals surface area (Å²) in [5, 5.41) is 11.9. The second-order valence-corrected chi connectivity index (χ2v) is 7.38. The Morgan fingerprint density at radius 1 is 1.38 bits per heavy atom. The standard InChI is InChI=1S/C18H22N2O3S/c1-12-4-7-15(8-13(12)2)24-10-17(22)23-9-16(21)20-18(3,11-19)14-5-6-14/h4,7-8,14H,5-6,9-10H2,1-3H3,(H,20,21)/t18-/m1/s1. The van der Waals surface area contributed by atoms with E-state index in [9.17, 15) is 14.9 Å². The summed E-state index contributed by atoms with van der Waals surface area (Å²) in [4.78, 5) is 24.6. The minimum absolute atomic E-state index is 0.147. The second-order valence-electron chi connectivity index (χ2n) is 6.33. The molecule has 1 saturated carbocycles. The van der Waals surface area contributed by atoms with Gasteiger partial charge in [-0.1, -0.05) is 6.07 Å². The monoisotopic (exact) mass is 346 g/mol. The van der Waals surface area contributed by atoms with Gasteiger partial charge in [-0.05, 0) is 62.8 Å². The molecule has 0 heterocycles. The highest BCUT2D eigenvalue weighted by molar-refractivity contribution is 8.00. The third-order valence-corrected chi connectivity index (χ3v) is 5.19. The van der Waals surface area contributed by atoms with E-state index in [0.29, 0.717) is 0 Å². The molecule has 1 N–H and O–H groups in total. The van der Waals surface area contributed by atoms with Gasteiger partial charge in [0.05, 0.1) is 11.8 Å². The highest BCUT2D eigenvalue weighted by Gasteiger charge is 2.43. The van der Waals surface area contributed by atoms with E-state index in [4.69, 9.17) is 4.74 Å². The summed E-state index contributed by atoms with van der Waals surface area (Å²) >= 11 is 1.38. The maximum atomic E-state index is 11.9. The molecule has 0 aromatic heterocycles. The Balaban J connectivity index is 1.73. The van der Waals surface area contributed by atoms with Gasteiger partial charge in [0, 0.05) is 4.90 Å². The molecule has 24 heavy (non-hydrogen) atoms. The van der Waals surface area contributed by atoms with Crippen molar-refractivity contribution in [2.75, 3.05) is 12.4 Å². The van der Waals surface area contributed by atoms with Gasteiger partial charge in [-0.25, -0.2) is 0 Å². The van der Waals surface area contributed by atoms with Crippen LogP contribution in [0.1, 0.15) is 30.9 Å². The predicted octanol–water partition coefficient (Wildman–Crippen LogP) is 2.75. The summed E-state index contributed by atoms with van der Waals surface area (Å²) in [5.41, 5.74) is 1.51. The van der Waals surface area contributed by atoms with Gasteiger partial charge in [0.25, 0.3) is 5.91 Å². The van der Waals surface area contributed by atoms with Gasteiger partial charge in [0.2, 0.25) is 0 Å². The van der Waals surface area contributed by atoms with Gasteiger partial charge >= 0.3 is 5.97 Å². The molecule has 0 bridgehead atoms. The number of rotatable bonds is 7. The number of nitrogens with one attached hydrogen (secondary N) is 1. The largest absolute Gasteiger partial charge is 0.455 e. The van der Waals surface area contributed by atoms with Crippen LogP contribution in [-0.4, -0.2) is 29.8 Å². The zero-order valence-corrected chi connectivity index (χ0v) is 15.0. The van der Waals surface area contributed by atoms with E-state index >= 15 is 0 Å². The van der Waals surface area contributed by atoms with Crippen LogP contribution in [0, 0.1) is 31.1 Å². The number of hydrogen-bond acceptors (Lipinski definition) is 5. The number of nitriles is 1. The maximum absolute atomic E-state index is 11.9. The highest BCUT2D eigenvalue weighted by atomic mass is 32.2. The molecule has 0 spiro atoms. The number of thioether (sulfide) groups is 1. The maximum Gasteiger partial charge on any atom is 0.316 e. The molecule has 128 valence electrons. The van der Waals surface area contributed by atoms with Gasteiger partial charge in [0.15, 0.2) is 6.61 Å².